The minimum absolute atomic E-state index is 0.0172. The van der Waals surface area contributed by atoms with Crippen molar-refractivity contribution >= 4 is 23.2 Å². The van der Waals surface area contributed by atoms with Crippen LogP contribution in [-0.2, 0) is 0 Å². The van der Waals surface area contributed by atoms with Crippen molar-refractivity contribution in [3.8, 4) is 0 Å². The molecule has 1 aliphatic heterocycles. The first-order chi connectivity index (χ1) is 7.70. The van der Waals surface area contributed by atoms with E-state index in [2.05, 4.69) is 10.3 Å². The Bertz CT molecular complexity index is 412. The molecule has 86 valence electrons. The fourth-order valence-electron chi connectivity index (χ4n) is 1.57. The summed E-state index contributed by atoms with van der Waals surface area (Å²) in [6.45, 7) is 2.65. The summed E-state index contributed by atoms with van der Waals surface area (Å²) in [4.78, 5) is 28.3. The quantitative estimate of drug-likeness (QED) is 0.754. The van der Waals surface area contributed by atoms with Crippen molar-refractivity contribution in [2.45, 2.75) is 0 Å². The summed E-state index contributed by atoms with van der Waals surface area (Å²) in [7, 11) is 0. The fraction of sp³-hybridized carbons (Fsp3) is 0.444. The lowest BCUT2D eigenvalue weighted by atomic mass is 10.3. The molecule has 0 spiro atoms. The van der Waals surface area contributed by atoms with Crippen molar-refractivity contribution in [1.29, 1.82) is 0 Å². The zero-order valence-electron chi connectivity index (χ0n) is 8.47. The summed E-state index contributed by atoms with van der Waals surface area (Å²) in [6.07, 6.45) is 0. The van der Waals surface area contributed by atoms with Crippen LogP contribution in [0.5, 0.6) is 0 Å². The summed E-state index contributed by atoms with van der Waals surface area (Å²) < 4.78 is 0. The highest BCUT2D eigenvalue weighted by Gasteiger charge is 2.25. The maximum absolute atomic E-state index is 12.0. The van der Waals surface area contributed by atoms with Gasteiger partial charge in [-0.25, -0.2) is 9.78 Å². The number of amides is 1. The van der Waals surface area contributed by atoms with Crippen LogP contribution in [0.2, 0.25) is 0 Å². The average Bonchev–Trinajstić information content (AvgIpc) is 2.78. The Morgan fingerprint density at radius 3 is 2.75 bits per heavy atom. The zero-order chi connectivity index (χ0) is 11.5. The van der Waals surface area contributed by atoms with Gasteiger partial charge < -0.3 is 15.3 Å². The van der Waals surface area contributed by atoms with Gasteiger partial charge in [-0.15, -0.1) is 11.3 Å². The van der Waals surface area contributed by atoms with Crippen LogP contribution in [0.3, 0.4) is 0 Å². The third kappa shape index (κ3) is 2.05. The number of thiazole rings is 1. The molecule has 0 atom stereocenters. The number of carboxylic acids is 1. The van der Waals surface area contributed by atoms with Gasteiger partial charge in [0.05, 0.1) is 5.51 Å². The number of piperazine rings is 1. The number of hydrogen-bond acceptors (Lipinski definition) is 5. The first-order valence-electron chi connectivity index (χ1n) is 4.87. The average molecular weight is 241 g/mol. The van der Waals surface area contributed by atoms with Gasteiger partial charge in [0, 0.05) is 26.2 Å². The van der Waals surface area contributed by atoms with Crippen LogP contribution in [0, 0.1) is 0 Å². The van der Waals surface area contributed by atoms with Gasteiger partial charge in [-0.05, 0) is 0 Å². The van der Waals surface area contributed by atoms with Crippen LogP contribution in [-0.4, -0.2) is 53.0 Å². The second kappa shape index (κ2) is 4.58. The third-order valence-electron chi connectivity index (χ3n) is 2.37. The summed E-state index contributed by atoms with van der Waals surface area (Å²) >= 11 is 0.976. The van der Waals surface area contributed by atoms with Crippen LogP contribution in [0.25, 0.3) is 0 Å². The number of carbonyl (C=O) groups is 2. The molecule has 2 N–H and O–H groups in total. The number of carboxylic acid groups (broad SMARTS) is 1. The van der Waals surface area contributed by atoms with Crippen LogP contribution >= 0.6 is 11.3 Å². The molecule has 0 aliphatic carbocycles. The standard InChI is InChI=1S/C9H11N3O3S/c13-8(12-3-1-10-2-4-12)6-7(9(14)15)16-5-11-6/h5,10H,1-4H2,(H,14,15). The molecule has 1 saturated heterocycles. The molecule has 7 heteroatoms. The number of hydrogen-bond donors (Lipinski definition) is 2. The van der Waals surface area contributed by atoms with E-state index in [0.717, 1.165) is 24.4 Å². The smallest absolute Gasteiger partial charge is 0.348 e. The van der Waals surface area contributed by atoms with Gasteiger partial charge in [-0.1, -0.05) is 0 Å². The monoisotopic (exact) mass is 241 g/mol. The predicted molar refractivity (Wildman–Crippen MR) is 57.8 cm³/mol. The number of aromatic carboxylic acids is 1. The SMILES string of the molecule is O=C(O)c1scnc1C(=O)N1CCNCC1. The first kappa shape index (κ1) is 11.0. The van der Waals surface area contributed by atoms with Crippen molar-refractivity contribution in [2.24, 2.45) is 0 Å². The Kier molecular flexibility index (Phi) is 3.16. The van der Waals surface area contributed by atoms with Crippen molar-refractivity contribution in [3.63, 3.8) is 0 Å². The van der Waals surface area contributed by atoms with Crippen LogP contribution in [0.15, 0.2) is 5.51 Å². The van der Waals surface area contributed by atoms with E-state index in [0.29, 0.717) is 13.1 Å². The third-order valence-corrected chi connectivity index (χ3v) is 3.18. The molecular formula is C9H11N3O3S. The van der Waals surface area contributed by atoms with Crippen LogP contribution in [0.4, 0.5) is 0 Å². The van der Waals surface area contributed by atoms with Crippen LogP contribution in [0.1, 0.15) is 20.2 Å². The summed E-state index contributed by atoms with van der Waals surface area (Å²) in [6, 6.07) is 0. The Balaban J connectivity index is 2.19. The Labute approximate surface area is 95.9 Å². The maximum Gasteiger partial charge on any atom is 0.348 e. The van der Waals surface area contributed by atoms with E-state index in [-0.39, 0.29) is 16.5 Å². The van der Waals surface area contributed by atoms with Gasteiger partial charge in [0.15, 0.2) is 5.69 Å². The molecule has 0 unspecified atom stereocenters. The van der Waals surface area contributed by atoms with Gasteiger partial charge in [0.25, 0.3) is 5.91 Å². The minimum Gasteiger partial charge on any atom is -0.477 e. The molecule has 1 fully saturated rings. The highest BCUT2D eigenvalue weighted by molar-refractivity contribution is 7.12. The molecule has 1 aromatic rings. The van der Waals surface area contributed by atoms with Crippen molar-refractivity contribution in [1.82, 2.24) is 15.2 Å². The minimum atomic E-state index is -1.10. The maximum atomic E-state index is 12.0. The lowest BCUT2D eigenvalue weighted by Crippen LogP contribution is -2.46. The van der Waals surface area contributed by atoms with E-state index in [9.17, 15) is 9.59 Å². The van der Waals surface area contributed by atoms with E-state index in [4.69, 9.17) is 5.11 Å². The second-order valence-corrected chi connectivity index (χ2v) is 4.23. The van der Waals surface area contributed by atoms with Gasteiger partial charge in [0.1, 0.15) is 4.88 Å². The molecular weight excluding hydrogens is 230 g/mol. The normalized spacial score (nSPS) is 16.1. The topological polar surface area (TPSA) is 82.5 Å². The lowest BCUT2D eigenvalue weighted by molar-refractivity contribution is 0.0672. The predicted octanol–water partition coefficient (Wildman–Crippen LogP) is -0.113. The molecule has 6 nitrogen and oxygen atoms in total. The lowest BCUT2D eigenvalue weighted by Gasteiger charge is -2.26. The molecule has 1 aromatic heterocycles. The van der Waals surface area contributed by atoms with E-state index in [1.807, 2.05) is 0 Å². The van der Waals surface area contributed by atoms with E-state index in [1.165, 1.54) is 5.51 Å². The molecule has 1 aliphatic rings. The van der Waals surface area contributed by atoms with Crippen LogP contribution < -0.4 is 5.32 Å². The highest BCUT2D eigenvalue weighted by atomic mass is 32.1. The molecule has 16 heavy (non-hydrogen) atoms. The van der Waals surface area contributed by atoms with Gasteiger partial charge in [-0.2, -0.15) is 0 Å². The Hall–Kier alpha value is -1.47. The molecule has 0 aromatic carbocycles. The van der Waals surface area contributed by atoms with Gasteiger partial charge in [-0.3, -0.25) is 4.79 Å². The largest absolute Gasteiger partial charge is 0.477 e. The Morgan fingerprint density at radius 1 is 1.44 bits per heavy atom. The number of rotatable bonds is 2. The molecule has 0 radical (unpaired) electrons. The van der Waals surface area contributed by atoms with Crippen molar-refractivity contribution in [3.05, 3.63) is 16.1 Å². The van der Waals surface area contributed by atoms with Gasteiger partial charge in [0.2, 0.25) is 0 Å². The zero-order valence-corrected chi connectivity index (χ0v) is 9.29. The Morgan fingerprint density at radius 2 is 2.12 bits per heavy atom. The van der Waals surface area contributed by atoms with Crippen molar-refractivity contribution < 1.29 is 14.7 Å². The molecule has 0 saturated carbocycles. The summed E-state index contributed by atoms with van der Waals surface area (Å²) in [5.41, 5.74) is 1.44. The van der Waals surface area contributed by atoms with E-state index in [1.54, 1.807) is 4.90 Å². The molecule has 2 rings (SSSR count). The molecule has 2 heterocycles. The first-order valence-corrected chi connectivity index (χ1v) is 5.75. The summed E-state index contributed by atoms with van der Waals surface area (Å²) in [5, 5.41) is 12.0. The second-order valence-electron chi connectivity index (χ2n) is 3.38. The summed E-state index contributed by atoms with van der Waals surface area (Å²) in [5.74, 6) is -1.39. The van der Waals surface area contributed by atoms with E-state index < -0.39 is 5.97 Å². The van der Waals surface area contributed by atoms with Crippen molar-refractivity contribution in [2.75, 3.05) is 26.2 Å². The number of carbonyl (C=O) groups excluding carboxylic acids is 1. The molecule has 0 bridgehead atoms. The van der Waals surface area contributed by atoms with E-state index >= 15 is 0 Å². The number of aromatic nitrogens is 1. The van der Waals surface area contributed by atoms with Gasteiger partial charge >= 0.3 is 5.97 Å². The number of nitrogens with zero attached hydrogens (tertiary/aromatic N) is 2. The number of nitrogens with one attached hydrogen (secondary N) is 1. The highest BCUT2D eigenvalue weighted by Crippen LogP contribution is 2.15. The molecule has 1 amide bonds. The fourth-order valence-corrected chi connectivity index (χ4v) is 2.18.